The summed E-state index contributed by atoms with van der Waals surface area (Å²) in [5.41, 5.74) is 0.0818. The summed E-state index contributed by atoms with van der Waals surface area (Å²) in [5.74, 6) is -1.98. The lowest BCUT2D eigenvalue weighted by atomic mass is 9.91. The second kappa shape index (κ2) is 16.9. The van der Waals surface area contributed by atoms with Crippen molar-refractivity contribution in [2.24, 2.45) is 17.3 Å². The van der Waals surface area contributed by atoms with E-state index in [1.54, 1.807) is 32.0 Å². The average Bonchev–Trinajstić information content (AvgIpc) is 2.91. The van der Waals surface area contributed by atoms with E-state index in [1.807, 2.05) is 34.6 Å². The molecular formula is C30H47NO8. The van der Waals surface area contributed by atoms with Gasteiger partial charge in [0.05, 0.1) is 24.4 Å². The molecule has 1 aromatic rings. The first-order valence-electron chi connectivity index (χ1n) is 13.9. The number of carbonyl (C=O) groups excluding carboxylic acids is 4. The third-order valence-corrected chi connectivity index (χ3v) is 6.77. The van der Waals surface area contributed by atoms with Gasteiger partial charge in [0.15, 0.2) is 11.5 Å². The van der Waals surface area contributed by atoms with Crippen LogP contribution in [0.4, 0.5) is 0 Å². The van der Waals surface area contributed by atoms with Gasteiger partial charge < -0.3 is 24.3 Å². The van der Waals surface area contributed by atoms with Gasteiger partial charge in [-0.2, -0.15) is 0 Å². The van der Waals surface area contributed by atoms with Gasteiger partial charge in [0.1, 0.15) is 12.6 Å². The molecule has 0 spiro atoms. The van der Waals surface area contributed by atoms with Crippen LogP contribution in [-0.2, 0) is 35.1 Å². The summed E-state index contributed by atoms with van der Waals surface area (Å²) in [5, 5.41) is 3.07. The average molecular weight is 550 g/mol. The maximum absolute atomic E-state index is 12.7. The van der Waals surface area contributed by atoms with E-state index in [0.717, 1.165) is 12.8 Å². The van der Waals surface area contributed by atoms with Gasteiger partial charge in [-0.15, -0.1) is 0 Å². The number of esters is 4. The zero-order chi connectivity index (χ0) is 29.6. The minimum Gasteiger partial charge on any atom is -0.468 e. The van der Waals surface area contributed by atoms with E-state index < -0.39 is 29.4 Å². The SMILES string of the molecule is CCCC(C)C(=O)Oc1ccc(C[C@H](NCCOC(=O)C(C)(C)CC)C(=O)OC)cc1OC(=O)C(C)CCC. The Morgan fingerprint density at radius 3 is 1.95 bits per heavy atom. The predicted molar refractivity (Wildman–Crippen MR) is 148 cm³/mol. The highest BCUT2D eigenvalue weighted by molar-refractivity contribution is 5.79. The Kier molecular flexibility index (Phi) is 14.8. The van der Waals surface area contributed by atoms with Crippen LogP contribution in [-0.4, -0.2) is 50.2 Å². The molecule has 0 aliphatic heterocycles. The van der Waals surface area contributed by atoms with Crippen molar-refractivity contribution in [1.29, 1.82) is 0 Å². The van der Waals surface area contributed by atoms with Gasteiger partial charge in [-0.25, -0.2) is 0 Å². The highest BCUT2D eigenvalue weighted by Gasteiger charge is 2.27. The van der Waals surface area contributed by atoms with Crippen LogP contribution in [0.25, 0.3) is 0 Å². The molecule has 1 N–H and O–H groups in total. The van der Waals surface area contributed by atoms with Crippen molar-refractivity contribution >= 4 is 23.9 Å². The van der Waals surface area contributed by atoms with Crippen molar-refractivity contribution in [2.75, 3.05) is 20.3 Å². The normalized spacial score (nSPS) is 13.6. The lowest BCUT2D eigenvalue weighted by Crippen LogP contribution is -2.41. The molecule has 3 atom stereocenters. The third-order valence-electron chi connectivity index (χ3n) is 6.77. The molecule has 220 valence electrons. The first-order chi connectivity index (χ1) is 18.4. The molecule has 0 saturated heterocycles. The van der Waals surface area contributed by atoms with Crippen LogP contribution in [0.1, 0.15) is 86.1 Å². The Balaban J connectivity index is 3.08. The van der Waals surface area contributed by atoms with E-state index in [0.29, 0.717) is 24.8 Å². The second-order valence-electron chi connectivity index (χ2n) is 10.6. The fourth-order valence-corrected chi connectivity index (χ4v) is 3.70. The molecule has 9 heteroatoms. The van der Waals surface area contributed by atoms with Gasteiger partial charge in [-0.3, -0.25) is 19.2 Å². The molecule has 39 heavy (non-hydrogen) atoms. The Labute approximate surface area is 233 Å². The molecule has 0 aliphatic carbocycles. The van der Waals surface area contributed by atoms with Crippen LogP contribution in [0, 0.1) is 17.3 Å². The van der Waals surface area contributed by atoms with Gasteiger partial charge in [-0.1, -0.05) is 53.5 Å². The number of ether oxygens (including phenoxy) is 4. The fraction of sp³-hybridized carbons (Fsp3) is 0.667. The lowest BCUT2D eigenvalue weighted by molar-refractivity contribution is -0.154. The fourth-order valence-electron chi connectivity index (χ4n) is 3.70. The van der Waals surface area contributed by atoms with Crippen molar-refractivity contribution in [2.45, 2.75) is 93.0 Å². The number of nitrogens with one attached hydrogen (secondary N) is 1. The molecule has 1 aromatic carbocycles. The van der Waals surface area contributed by atoms with Crippen molar-refractivity contribution in [1.82, 2.24) is 5.32 Å². The molecular weight excluding hydrogens is 502 g/mol. The van der Waals surface area contributed by atoms with Crippen LogP contribution in [0.3, 0.4) is 0 Å². The highest BCUT2D eigenvalue weighted by atomic mass is 16.6. The Morgan fingerprint density at radius 2 is 1.44 bits per heavy atom. The molecule has 0 radical (unpaired) electrons. The summed E-state index contributed by atoms with van der Waals surface area (Å²) in [6, 6.07) is 4.14. The molecule has 0 aliphatic rings. The van der Waals surface area contributed by atoms with E-state index in [9.17, 15) is 19.2 Å². The molecule has 9 nitrogen and oxygen atoms in total. The summed E-state index contributed by atoms with van der Waals surface area (Å²) in [4.78, 5) is 49.9. The zero-order valence-corrected chi connectivity index (χ0v) is 24.9. The lowest BCUT2D eigenvalue weighted by Gasteiger charge is -2.21. The number of hydrogen-bond acceptors (Lipinski definition) is 9. The molecule has 0 heterocycles. The van der Waals surface area contributed by atoms with Crippen LogP contribution >= 0.6 is 0 Å². The number of methoxy groups -OCH3 is 1. The van der Waals surface area contributed by atoms with Crippen molar-refractivity contribution in [3.05, 3.63) is 23.8 Å². The topological polar surface area (TPSA) is 117 Å². The van der Waals surface area contributed by atoms with Gasteiger partial charge in [-0.05, 0) is 57.2 Å². The van der Waals surface area contributed by atoms with E-state index in [4.69, 9.17) is 18.9 Å². The minimum atomic E-state index is -0.742. The Bertz CT molecular complexity index is 958. The summed E-state index contributed by atoms with van der Waals surface area (Å²) in [7, 11) is 1.29. The van der Waals surface area contributed by atoms with Gasteiger partial charge >= 0.3 is 23.9 Å². The molecule has 0 amide bonds. The third kappa shape index (κ3) is 11.4. The van der Waals surface area contributed by atoms with E-state index >= 15 is 0 Å². The van der Waals surface area contributed by atoms with Crippen LogP contribution < -0.4 is 14.8 Å². The summed E-state index contributed by atoms with van der Waals surface area (Å²) in [6.07, 6.45) is 3.86. The van der Waals surface area contributed by atoms with Gasteiger partial charge in [0.2, 0.25) is 0 Å². The molecule has 2 unspecified atom stereocenters. The van der Waals surface area contributed by atoms with Crippen LogP contribution in [0.2, 0.25) is 0 Å². The molecule has 0 fully saturated rings. The van der Waals surface area contributed by atoms with E-state index in [-0.39, 0.29) is 48.9 Å². The highest BCUT2D eigenvalue weighted by Crippen LogP contribution is 2.31. The molecule has 0 saturated carbocycles. The smallest absolute Gasteiger partial charge is 0.323 e. The van der Waals surface area contributed by atoms with E-state index in [1.165, 1.54) is 7.11 Å². The van der Waals surface area contributed by atoms with Crippen molar-refractivity contribution in [3.63, 3.8) is 0 Å². The molecule has 0 bridgehead atoms. The minimum absolute atomic E-state index is 0.0960. The quantitative estimate of drug-likeness (QED) is 0.162. The molecule has 0 aromatic heterocycles. The number of carbonyl (C=O) groups is 4. The monoisotopic (exact) mass is 549 g/mol. The Hall–Kier alpha value is -2.94. The number of benzene rings is 1. The maximum atomic E-state index is 12.7. The first-order valence-corrected chi connectivity index (χ1v) is 13.9. The first kappa shape index (κ1) is 34.1. The van der Waals surface area contributed by atoms with Crippen molar-refractivity contribution < 1.29 is 38.1 Å². The standard InChI is InChI=1S/C30H47NO8/c1-9-12-20(4)26(32)38-24-15-14-22(19-25(24)39-27(33)21(5)13-10-2)18-23(28(34)36-8)31-16-17-37-29(35)30(6,7)11-3/h14-15,19-21,23,31H,9-13,16-18H2,1-8H3/t20?,21?,23-/m0/s1. The maximum Gasteiger partial charge on any atom is 0.323 e. The predicted octanol–water partition coefficient (Wildman–Crippen LogP) is 5.02. The van der Waals surface area contributed by atoms with Gasteiger partial charge in [0, 0.05) is 6.54 Å². The Morgan fingerprint density at radius 1 is 0.872 bits per heavy atom. The number of rotatable bonds is 17. The second-order valence-corrected chi connectivity index (χ2v) is 10.6. The zero-order valence-electron chi connectivity index (χ0n) is 24.9. The summed E-state index contributed by atoms with van der Waals surface area (Å²) in [6.45, 7) is 13.4. The van der Waals surface area contributed by atoms with Gasteiger partial charge in [0.25, 0.3) is 0 Å². The molecule has 1 rings (SSSR count). The summed E-state index contributed by atoms with van der Waals surface area (Å²) >= 11 is 0. The number of hydrogen-bond donors (Lipinski definition) is 1. The van der Waals surface area contributed by atoms with Crippen molar-refractivity contribution in [3.8, 4) is 11.5 Å². The summed E-state index contributed by atoms with van der Waals surface area (Å²) < 4.78 is 21.6. The van der Waals surface area contributed by atoms with Crippen LogP contribution in [0.5, 0.6) is 11.5 Å². The van der Waals surface area contributed by atoms with Crippen LogP contribution in [0.15, 0.2) is 18.2 Å². The van der Waals surface area contributed by atoms with E-state index in [2.05, 4.69) is 5.32 Å². The largest absolute Gasteiger partial charge is 0.468 e.